The molecule has 0 heterocycles. The Morgan fingerprint density at radius 2 is 2.22 bits per heavy atom. The molecule has 0 aromatic rings. The van der Waals surface area contributed by atoms with Crippen LogP contribution >= 0.6 is 11.8 Å². The van der Waals surface area contributed by atoms with Gasteiger partial charge in [0, 0.05) is 0 Å². The minimum absolute atomic E-state index is 0.256. The van der Waals surface area contributed by atoms with Gasteiger partial charge in [0.25, 0.3) is 0 Å². The molecule has 0 rings (SSSR count). The molecule has 1 atom stereocenters. The van der Waals surface area contributed by atoms with Gasteiger partial charge in [-0.25, -0.2) is 0 Å². The van der Waals surface area contributed by atoms with Crippen LogP contribution < -0.4 is 0 Å². The fourth-order valence-electron chi connectivity index (χ4n) is 0.294. The van der Waals surface area contributed by atoms with Gasteiger partial charge in [0.05, 0.1) is 12.4 Å². The van der Waals surface area contributed by atoms with Crippen molar-refractivity contribution in [3.05, 3.63) is 0 Å². The Bertz CT molecular complexity index is 94.6. The normalized spacial score (nSPS) is 13.1. The van der Waals surface area contributed by atoms with Crippen LogP contribution in [-0.2, 0) is 4.79 Å². The quantitative estimate of drug-likeness (QED) is 0.472. The number of aliphatic hydroxyl groups is 2. The fraction of sp³-hybridized carbons (Fsp3) is 0.750. The Kier molecular flexibility index (Phi) is 4.47. The molecular formula is C4H8O4S. The van der Waals surface area contributed by atoms with Crippen molar-refractivity contribution in [1.29, 1.82) is 0 Å². The molecule has 1 unspecified atom stereocenters. The summed E-state index contributed by atoms with van der Waals surface area (Å²) in [6.45, 7) is 0. The summed E-state index contributed by atoms with van der Waals surface area (Å²) in [7, 11) is 0. The van der Waals surface area contributed by atoms with Gasteiger partial charge in [0.15, 0.2) is 0 Å². The summed E-state index contributed by atoms with van der Waals surface area (Å²) in [6, 6.07) is 0. The van der Waals surface area contributed by atoms with E-state index in [9.17, 15) is 4.79 Å². The summed E-state index contributed by atoms with van der Waals surface area (Å²) in [5.41, 5.74) is -0.993. The van der Waals surface area contributed by atoms with Crippen molar-refractivity contribution < 1.29 is 20.1 Å². The number of hydrogen-bond donors (Lipinski definition) is 3. The molecule has 0 spiro atoms. The van der Waals surface area contributed by atoms with Gasteiger partial charge in [-0.1, -0.05) is 0 Å². The second kappa shape index (κ2) is 4.60. The van der Waals surface area contributed by atoms with Gasteiger partial charge in [-0.15, -0.1) is 11.8 Å². The van der Waals surface area contributed by atoms with Gasteiger partial charge >= 0.3 is 5.97 Å². The Morgan fingerprint density at radius 1 is 1.67 bits per heavy atom. The molecule has 0 aliphatic heterocycles. The fourth-order valence-corrected chi connectivity index (χ4v) is 0.727. The number of carboxylic acids is 1. The van der Waals surface area contributed by atoms with Crippen LogP contribution in [0, 0.1) is 0 Å². The largest absolute Gasteiger partial charge is 0.481 e. The van der Waals surface area contributed by atoms with Crippen molar-refractivity contribution in [3.8, 4) is 0 Å². The summed E-state index contributed by atoms with van der Waals surface area (Å²) in [5, 5.41) is 24.9. The highest BCUT2D eigenvalue weighted by Crippen LogP contribution is 2.08. The van der Waals surface area contributed by atoms with E-state index < -0.39 is 11.4 Å². The Morgan fingerprint density at radius 3 is 2.56 bits per heavy atom. The van der Waals surface area contributed by atoms with Crippen molar-refractivity contribution in [1.82, 2.24) is 0 Å². The Balaban J connectivity index is 3.26. The lowest BCUT2D eigenvalue weighted by atomic mass is 10.5. The van der Waals surface area contributed by atoms with E-state index >= 15 is 0 Å². The minimum atomic E-state index is -1.07. The first-order valence-corrected chi connectivity index (χ1v) is 3.34. The first-order valence-electron chi connectivity index (χ1n) is 2.29. The van der Waals surface area contributed by atoms with Crippen LogP contribution in [0.1, 0.15) is 6.42 Å². The number of rotatable bonds is 4. The van der Waals surface area contributed by atoms with E-state index in [1.165, 1.54) is 0 Å². The average molecular weight is 152 g/mol. The lowest BCUT2D eigenvalue weighted by Gasteiger charge is -2.02. The van der Waals surface area contributed by atoms with Crippen LogP contribution in [0.25, 0.3) is 0 Å². The predicted octanol–water partition coefficient (Wildman–Crippen LogP) is -0.538. The van der Waals surface area contributed by atoms with E-state index in [-0.39, 0.29) is 12.4 Å². The van der Waals surface area contributed by atoms with E-state index in [0.717, 1.165) is 11.8 Å². The van der Waals surface area contributed by atoms with Crippen LogP contribution in [-0.4, -0.2) is 32.7 Å². The summed E-state index contributed by atoms with van der Waals surface area (Å²) >= 11 is 0.790. The van der Waals surface area contributed by atoms with Crippen LogP contribution in [0.5, 0.6) is 0 Å². The second-order valence-corrected chi connectivity index (χ2v) is 2.48. The number of thioether (sulfide) groups is 1. The highest BCUT2D eigenvalue weighted by Gasteiger charge is 2.07. The standard InChI is InChI=1S/C4H8O4S/c5-2-9-4(8)1-3(6)7/h4-5,8H,1-2H2,(H,6,7). The van der Waals surface area contributed by atoms with E-state index in [1.807, 2.05) is 0 Å². The average Bonchev–Trinajstić information content (AvgIpc) is 1.63. The topological polar surface area (TPSA) is 77.8 Å². The van der Waals surface area contributed by atoms with Crippen LogP contribution in [0.15, 0.2) is 0 Å². The summed E-state index contributed by atoms with van der Waals surface area (Å²) in [6.07, 6.45) is -0.328. The first kappa shape index (κ1) is 8.74. The summed E-state index contributed by atoms with van der Waals surface area (Å²) in [5.74, 6) is -1.32. The van der Waals surface area contributed by atoms with Crippen molar-refractivity contribution in [2.45, 2.75) is 11.9 Å². The number of carbonyl (C=O) groups is 1. The molecular weight excluding hydrogens is 144 g/mol. The van der Waals surface area contributed by atoms with Gasteiger partial charge in [-0.3, -0.25) is 4.79 Å². The number of aliphatic carboxylic acids is 1. The van der Waals surface area contributed by atoms with E-state index in [0.29, 0.717) is 0 Å². The first-order chi connectivity index (χ1) is 4.16. The lowest BCUT2D eigenvalue weighted by molar-refractivity contribution is -0.138. The molecule has 5 heteroatoms. The third-order valence-corrected chi connectivity index (χ3v) is 1.32. The van der Waals surface area contributed by atoms with Crippen LogP contribution in [0.2, 0.25) is 0 Å². The Labute approximate surface area is 56.5 Å². The number of aliphatic hydroxyl groups excluding tert-OH is 2. The molecule has 0 fully saturated rings. The van der Waals surface area contributed by atoms with E-state index in [2.05, 4.69) is 0 Å². The van der Waals surface area contributed by atoms with Gasteiger partial charge in [0.1, 0.15) is 5.44 Å². The molecule has 0 saturated carbocycles. The van der Waals surface area contributed by atoms with E-state index in [4.69, 9.17) is 15.3 Å². The van der Waals surface area contributed by atoms with Crippen LogP contribution in [0.3, 0.4) is 0 Å². The molecule has 0 aromatic carbocycles. The maximum absolute atomic E-state index is 9.83. The molecule has 0 amide bonds. The smallest absolute Gasteiger partial charge is 0.306 e. The maximum atomic E-state index is 9.83. The molecule has 0 aromatic heterocycles. The molecule has 0 radical (unpaired) electrons. The lowest BCUT2D eigenvalue weighted by Crippen LogP contribution is -2.08. The number of hydrogen-bond acceptors (Lipinski definition) is 4. The zero-order valence-corrected chi connectivity index (χ0v) is 5.47. The summed E-state index contributed by atoms with van der Waals surface area (Å²) < 4.78 is 0. The second-order valence-electron chi connectivity index (χ2n) is 1.35. The van der Waals surface area contributed by atoms with Gasteiger partial charge < -0.3 is 15.3 Å². The van der Waals surface area contributed by atoms with E-state index in [1.54, 1.807) is 0 Å². The molecule has 0 saturated heterocycles. The monoisotopic (exact) mass is 152 g/mol. The maximum Gasteiger partial charge on any atom is 0.306 e. The van der Waals surface area contributed by atoms with Gasteiger partial charge in [-0.05, 0) is 0 Å². The van der Waals surface area contributed by atoms with Gasteiger partial charge in [-0.2, -0.15) is 0 Å². The van der Waals surface area contributed by atoms with Crippen molar-refractivity contribution in [2.24, 2.45) is 0 Å². The third kappa shape index (κ3) is 5.61. The molecule has 4 nitrogen and oxygen atoms in total. The number of carboxylic acid groups (broad SMARTS) is 1. The van der Waals surface area contributed by atoms with Gasteiger partial charge in [0.2, 0.25) is 0 Å². The Hall–Kier alpha value is -0.260. The molecule has 0 aliphatic carbocycles. The van der Waals surface area contributed by atoms with Crippen molar-refractivity contribution >= 4 is 17.7 Å². The summed E-state index contributed by atoms with van der Waals surface area (Å²) in [4.78, 5) is 9.83. The molecule has 54 valence electrons. The molecule has 0 aliphatic rings. The highest BCUT2D eigenvalue weighted by molar-refractivity contribution is 7.99. The zero-order chi connectivity index (χ0) is 7.28. The zero-order valence-electron chi connectivity index (χ0n) is 4.65. The SMILES string of the molecule is O=C(O)CC(O)SCO. The third-order valence-electron chi connectivity index (χ3n) is 0.616. The molecule has 0 bridgehead atoms. The minimum Gasteiger partial charge on any atom is -0.481 e. The highest BCUT2D eigenvalue weighted by atomic mass is 32.2. The van der Waals surface area contributed by atoms with Crippen LogP contribution in [0.4, 0.5) is 0 Å². The predicted molar refractivity (Wildman–Crippen MR) is 32.9 cm³/mol. The van der Waals surface area contributed by atoms with Crippen molar-refractivity contribution in [2.75, 3.05) is 5.94 Å². The van der Waals surface area contributed by atoms with Crippen molar-refractivity contribution in [3.63, 3.8) is 0 Å². The molecule has 3 N–H and O–H groups in total. The molecule has 9 heavy (non-hydrogen) atoms.